The lowest BCUT2D eigenvalue weighted by molar-refractivity contribution is -0.121. The van der Waals surface area contributed by atoms with Crippen molar-refractivity contribution in [2.75, 3.05) is 5.32 Å². The minimum absolute atomic E-state index is 0.0147. The summed E-state index contributed by atoms with van der Waals surface area (Å²) in [4.78, 5) is 39.6. The predicted octanol–water partition coefficient (Wildman–Crippen LogP) is 3.03. The van der Waals surface area contributed by atoms with Gasteiger partial charge in [0.15, 0.2) is 0 Å². The molecule has 0 bridgehead atoms. The Bertz CT molecular complexity index is 1290. The van der Waals surface area contributed by atoms with Gasteiger partial charge in [-0.05, 0) is 31.9 Å². The number of carbonyl (C=O) groups excluding carboxylic acids is 1. The molecule has 0 fully saturated rings. The van der Waals surface area contributed by atoms with E-state index >= 15 is 0 Å². The van der Waals surface area contributed by atoms with E-state index in [-0.39, 0.29) is 24.1 Å². The SMILES string of the molecule is Cc1nc([C@@H]2CCc3ncn(CC(=O)NCc4cc5cnccc5s4)c(=O)c3N2)cs1. The number of hydrogen-bond acceptors (Lipinski definition) is 8. The molecular weight excluding hydrogens is 432 g/mol. The maximum atomic E-state index is 13.0. The van der Waals surface area contributed by atoms with Gasteiger partial charge in [0.2, 0.25) is 5.91 Å². The van der Waals surface area contributed by atoms with Crippen LogP contribution in [0.4, 0.5) is 5.69 Å². The van der Waals surface area contributed by atoms with Crippen LogP contribution in [0.1, 0.15) is 33.7 Å². The number of pyridine rings is 1. The highest BCUT2D eigenvalue weighted by Gasteiger charge is 2.25. The largest absolute Gasteiger partial charge is 0.371 e. The second kappa shape index (κ2) is 8.20. The lowest BCUT2D eigenvalue weighted by Crippen LogP contribution is -2.35. The molecular formula is C21H20N6O2S2. The number of fused-ring (bicyclic) bond motifs is 2. The van der Waals surface area contributed by atoms with Gasteiger partial charge < -0.3 is 10.6 Å². The van der Waals surface area contributed by atoms with Gasteiger partial charge in [0, 0.05) is 32.7 Å². The second-order valence-electron chi connectivity index (χ2n) is 7.43. The van der Waals surface area contributed by atoms with Crippen molar-refractivity contribution in [2.45, 2.75) is 38.9 Å². The third-order valence-corrected chi connectivity index (χ3v) is 7.15. The third-order valence-electron chi connectivity index (χ3n) is 5.24. The van der Waals surface area contributed by atoms with Crippen LogP contribution < -0.4 is 16.2 Å². The standard InChI is InChI=1S/C21H20N6O2S2/c1-12-25-17(10-30-12)15-2-3-16-20(26-15)21(29)27(11-24-16)9-19(28)23-8-14-6-13-7-22-5-4-18(13)31-14/h4-7,10-11,15,26H,2-3,8-9H2,1H3,(H,23,28)/t15-/m0/s1. The van der Waals surface area contributed by atoms with Crippen LogP contribution in [0, 0.1) is 6.92 Å². The maximum absolute atomic E-state index is 13.0. The Balaban J connectivity index is 1.27. The first-order valence-corrected chi connectivity index (χ1v) is 11.6. The predicted molar refractivity (Wildman–Crippen MR) is 121 cm³/mol. The first kappa shape index (κ1) is 19.8. The van der Waals surface area contributed by atoms with E-state index in [1.807, 2.05) is 30.6 Å². The van der Waals surface area contributed by atoms with E-state index in [0.29, 0.717) is 18.7 Å². The van der Waals surface area contributed by atoms with Crippen LogP contribution in [-0.2, 0) is 24.3 Å². The van der Waals surface area contributed by atoms with Crippen LogP contribution in [0.5, 0.6) is 0 Å². The molecule has 158 valence electrons. The summed E-state index contributed by atoms with van der Waals surface area (Å²) in [5.74, 6) is -0.234. The molecule has 31 heavy (non-hydrogen) atoms. The number of hydrogen-bond donors (Lipinski definition) is 2. The zero-order valence-electron chi connectivity index (χ0n) is 16.8. The summed E-state index contributed by atoms with van der Waals surface area (Å²) in [6, 6.07) is 3.96. The van der Waals surface area contributed by atoms with Crippen LogP contribution in [0.25, 0.3) is 10.1 Å². The molecule has 1 atom stereocenters. The number of rotatable bonds is 5. The Morgan fingerprint density at radius 3 is 3.13 bits per heavy atom. The molecule has 1 amide bonds. The fraction of sp³-hybridized carbons (Fsp3) is 0.286. The summed E-state index contributed by atoms with van der Waals surface area (Å²) < 4.78 is 2.48. The normalized spacial score (nSPS) is 15.5. The number of aromatic nitrogens is 4. The number of anilines is 1. The van der Waals surface area contributed by atoms with Crippen LogP contribution in [0.15, 0.2) is 41.0 Å². The molecule has 0 saturated heterocycles. The molecule has 0 aromatic carbocycles. The Morgan fingerprint density at radius 1 is 1.42 bits per heavy atom. The molecule has 0 spiro atoms. The minimum atomic E-state index is -0.234. The number of nitrogens with one attached hydrogen (secondary N) is 2. The Morgan fingerprint density at radius 2 is 2.32 bits per heavy atom. The molecule has 10 heteroatoms. The Hall–Kier alpha value is -3.11. The number of thiazole rings is 1. The van der Waals surface area contributed by atoms with Crippen LogP contribution >= 0.6 is 22.7 Å². The van der Waals surface area contributed by atoms with Crippen molar-refractivity contribution in [1.82, 2.24) is 24.8 Å². The highest BCUT2D eigenvalue weighted by molar-refractivity contribution is 7.19. The average molecular weight is 453 g/mol. The molecule has 0 saturated carbocycles. The van der Waals surface area contributed by atoms with Gasteiger partial charge in [-0.25, -0.2) is 9.97 Å². The maximum Gasteiger partial charge on any atom is 0.277 e. The van der Waals surface area contributed by atoms with Crippen molar-refractivity contribution in [2.24, 2.45) is 0 Å². The van der Waals surface area contributed by atoms with Gasteiger partial charge in [0.25, 0.3) is 5.56 Å². The van der Waals surface area contributed by atoms with E-state index in [1.165, 1.54) is 10.9 Å². The average Bonchev–Trinajstić information content (AvgIpc) is 3.40. The molecule has 0 radical (unpaired) electrons. The van der Waals surface area contributed by atoms with Gasteiger partial charge in [-0.2, -0.15) is 0 Å². The van der Waals surface area contributed by atoms with Gasteiger partial charge in [-0.1, -0.05) is 0 Å². The van der Waals surface area contributed by atoms with Gasteiger partial charge in [0.05, 0.1) is 35.3 Å². The Labute approximate surface area is 186 Å². The monoisotopic (exact) mass is 452 g/mol. The minimum Gasteiger partial charge on any atom is -0.371 e. The topological polar surface area (TPSA) is 102 Å². The lowest BCUT2D eigenvalue weighted by atomic mass is 10.0. The van der Waals surface area contributed by atoms with Crippen molar-refractivity contribution < 1.29 is 4.79 Å². The first-order valence-electron chi connectivity index (χ1n) is 9.93. The van der Waals surface area contributed by atoms with E-state index < -0.39 is 0 Å². The van der Waals surface area contributed by atoms with Crippen LogP contribution in [-0.4, -0.2) is 25.4 Å². The number of amides is 1. The third kappa shape index (κ3) is 4.08. The number of nitrogens with zero attached hydrogens (tertiary/aromatic N) is 4. The number of aryl methyl sites for hydroxylation is 2. The molecule has 1 aliphatic heterocycles. The van der Waals surface area contributed by atoms with Crippen molar-refractivity contribution in [3.8, 4) is 0 Å². The van der Waals surface area contributed by atoms with E-state index in [0.717, 1.165) is 37.8 Å². The van der Waals surface area contributed by atoms with E-state index in [9.17, 15) is 9.59 Å². The number of thiophene rings is 1. The zero-order valence-corrected chi connectivity index (χ0v) is 18.4. The van der Waals surface area contributed by atoms with Crippen molar-refractivity contribution in [3.05, 3.63) is 67.9 Å². The summed E-state index contributed by atoms with van der Waals surface area (Å²) in [5, 5.41) is 10.3. The van der Waals surface area contributed by atoms with Gasteiger partial charge in [-0.3, -0.25) is 19.1 Å². The quantitative estimate of drug-likeness (QED) is 0.483. The molecule has 4 aromatic rings. The van der Waals surface area contributed by atoms with Crippen molar-refractivity contribution >= 4 is 44.4 Å². The summed E-state index contributed by atoms with van der Waals surface area (Å²) in [7, 11) is 0. The van der Waals surface area contributed by atoms with Crippen LogP contribution in [0.3, 0.4) is 0 Å². The van der Waals surface area contributed by atoms with E-state index in [1.54, 1.807) is 28.9 Å². The van der Waals surface area contributed by atoms with Gasteiger partial charge in [0.1, 0.15) is 12.2 Å². The smallest absolute Gasteiger partial charge is 0.277 e. The lowest BCUT2D eigenvalue weighted by Gasteiger charge is -2.25. The summed E-state index contributed by atoms with van der Waals surface area (Å²) in [6.45, 7) is 2.30. The molecule has 1 aliphatic rings. The number of carbonyl (C=O) groups is 1. The molecule has 4 aromatic heterocycles. The first-order chi connectivity index (χ1) is 15.1. The highest BCUT2D eigenvalue weighted by Crippen LogP contribution is 2.30. The molecule has 2 N–H and O–H groups in total. The van der Waals surface area contributed by atoms with E-state index in [2.05, 4.69) is 25.6 Å². The Kier molecular flexibility index (Phi) is 5.24. The molecule has 0 unspecified atom stereocenters. The summed E-state index contributed by atoms with van der Waals surface area (Å²) in [6.07, 6.45) is 6.55. The van der Waals surface area contributed by atoms with Crippen LogP contribution in [0.2, 0.25) is 0 Å². The van der Waals surface area contributed by atoms with Gasteiger partial charge in [-0.15, -0.1) is 22.7 Å². The fourth-order valence-electron chi connectivity index (χ4n) is 3.68. The van der Waals surface area contributed by atoms with Crippen molar-refractivity contribution in [1.29, 1.82) is 0 Å². The van der Waals surface area contributed by atoms with E-state index in [4.69, 9.17) is 0 Å². The molecule has 8 nitrogen and oxygen atoms in total. The van der Waals surface area contributed by atoms with Gasteiger partial charge >= 0.3 is 0 Å². The summed E-state index contributed by atoms with van der Waals surface area (Å²) >= 11 is 3.21. The molecule has 5 heterocycles. The van der Waals surface area contributed by atoms with Crippen molar-refractivity contribution in [3.63, 3.8) is 0 Å². The molecule has 5 rings (SSSR count). The zero-order chi connectivity index (χ0) is 21.4. The molecule has 0 aliphatic carbocycles. The summed E-state index contributed by atoms with van der Waals surface area (Å²) in [5.41, 5.74) is 1.92. The second-order valence-corrected chi connectivity index (χ2v) is 9.66. The highest BCUT2D eigenvalue weighted by atomic mass is 32.1. The fourth-order valence-corrected chi connectivity index (χ4v) is 5.32.